The molecule has 25 heavy (non-hydrogen) atoms. The first-order valence-corrected chi connectivity index (χ1v) is 8.28. The summed E-state index contributed by atoms with van der Waals surface area (Å²) < 4.78 is 7.84. The topological polar surface area (TPSA) is 122 Å². The predicted molar refractivity (Wildman–Crippen MR) is 97.6 cm³/mol. The maximum absolute atomic E-state index is 5.87. The van der Waals surface area contributed by atoms with Crippen LogP contribution in [0.15, 0.2) is 39.4 Å². The van der Waals surface area contributed by atoms with Crippen molar-refractivity contribution < 1.29 is 4.42 Å². The molecule has 9 heteroatoms. The lowest BCUT2D eigenvalue weighted by Gasteiger charge is -2.06. The van der Waals surface area contributed by atoms with Crippen LogP contribution in [0.1, 0.15) is 11.1 Å². The molecule has 1 aromatic carbocycles. The lowest BCUT2D eigenvalue weighted by Crippen LogP contribution is -2.05. The number of anilines is 2. The number of fused-ring (bicyclic) bond motifs is 1. The Kier molecular flexibility index (Phi) is 3.65. The Bertz CT molecular complexity index is 1090. The summed E-state index contributed by atoms with van der Waals surface area (Å²) in [5, 5.41) is 8.41. The normalized spacial score (nSPS) is 11.3. The molecule has 0 aliphatic carbocycles. The van der Waals surface area contributed by atoms with Gasteiger partial charge in [0.15, 0.2) is 21.6 Å². The number of halogens is 1. The Morgan fingerprint density at radius 1 is 1.16 bits per heavy atom. The minimum atomic E-state index is 0.132. The summed E-state index contributed by atoms with van der Waals surface area (Å²) >= 11 is 3.28. The number of nitrogen functional groups attached to an aromatic ring is 2. The summed E-state index contributed by atoms with van der Waals surface area (Å²) in [5.74, 6) is 0.674. The largest absolute Gasteiger partial charge is 0.448 e. The van der Waals surface area contributed by atoms with E-state index in [1.807, 2.05) is 25.1 Å². The highest BCUT2D eigenvalue weighted by molar-refractivity contribution is 9.10. The highest BCUT2D eigenvalue weighted by atomic mass is 79.9. The second kappa shape index (κ2) is 5.85. The Morgan fingerprint density at radius 2 is 2.00 bits per heavy atom. The molecule has 0 saturated carbocycles. The van der Waals surface area contributed by atoms with Crippen molar-refractivity contribution >= 4 is 38.7 Å². The van der Waals surface area contributed by atoms with E-state index >= 15 is 0 Å². The average molecular weight is 400 g/mol. The molecule has 0 bridgehead atoms. The molecule has 0 amide bonds. The first-order chi connectivity index (χ1) is 12.0. The molecule has 8 nitrogen and oxygen atoms in total. The van der Waals surface area contributed by atoms with Crippen molar-refractivity contribution in [3.05, 3.63) is 46.1 Å². The molecule has 0 saturated heterocycles. The first kappa shape index (κ1) is 15.6. The van der Waals surface area contributed by atoms with Gasteiger partial charge in [0.05, 0.1) is 6.54 Å². The van der Waals surface area contributed by atoms with Crippen molar-refractivity contribution in [2.45, 2.75) is 13.5 Å². The molecule has 3 aromatic heterocycles. The first-order valence-electron chi connectivity index (χ1n) is 7.48. The van der Waals surface area contributed by atoms with Crippen LogP contribution in [0.3, 0.4) is 0 Å². The van der Waals surface area contributed by atoms with E-state index in [0.29, 0.717) is 33.8 Å². The Morgan fingerprint density at radius 3 is 2.72 bits per heavy atom. The Labute approximate surface area is 151 Å². The van der Waals surface area contributed by atoms with E-state index in [4.69, 9.17) is 15.9 Å². The van der Waals surface area contributed by atoms with Gasteiger partial charge in [0.25, 0.3) is 0 Å². The van der Waals surface area contributed by atoms with E-state index in [2.05, 4.69) is 36.2 Å². The van der Waals surface area contributed by atoms with Crippen molar-refractivity contribution in [2.75, 3.05) is 11.5 Å². The van der Waals surface area contributed by atoms with Gasteiger partial charge in [-0.15, -0.1) is 5.10 Å². The molecule has 0 radical (unpaired) electrons. The maximum atomic E-state index is 5.87. The van der Waals surface area contributed by atoms with Gasteiger partial charge in [-0.2, -0.15) is 4.98 Å². The summed E-state index contributed by atoms with van der Waals surface area (Å²) in [7, 11) is 0. The highest BCUT2D eigenvalue weighted by Crippen LogP contribution is 2.28. The van der Waals surface area contributed by atoms with Crippen LogP contribution < -0.4 is 11.5 Å². The number of furan rings is 1. The average Bonchev–Trinajstić information content (AvgIpc) is 3.17. The van der Waals surface area contributed by atoms with Gasteiger partial charge in [0.2, 0.25) is 5.95 Å². The molecule has 0 fully saturated rings. The van der Waals surface area contributed by atoms with E-state index in [9.17, 15) is 0 Å². The monoisotopic (exact) mass is 399 g/mol. The fourth-order valence-electron chi connectivity index (χ4n) is 2.60. The van der Waals surface area contributed by atoms with Gasteiger partial charge in [-0.05, 0) is 52.2 Å². The van der Waals surface area contributed by atoms with E-state index in [1.54, 1.807) is 16.8 Å². The Balaban J connectivity index is 1.81. The van der Waals surface area contributed by atoms with Crippen LogP contribution in [-0.4, -0.2) is 25.0 Å². The van der Waals surface area contributed by atoms with Gasteiger partial charge in [-0.1, -0.05) is 17.3 Å². The van der Waals surface area contributed by atoms with Crippen molar-refractivity contribution in [3.8, 4) is 11.5 Å². The fourth-order valence-corrected chi connectivity index (χ4v) is 2.91. The number of hydrogen-bond acceptors (Lipinski definition) is 7. The van der Waals surface area contributed by atoms with Crippen LogP contribution in [0.2, 0.25) is 0 Å². The molecule has 4 aromatic rings. The summed E-state index contributed by atoms with van der Waals surface area (Å²) in [5.41, 5.74) is 16.1. The van der Waals surface area contributed by atoms with Crippen molar-refractivity contribution in [1.29, 1.82) is 0 Å². The van der Waals surface area contributed by atoms with E-state index in [-0.39, 0.29) is 5.95 Å². The molecule has 126 valence electrons. The zero-order valence-electron chi connectivity index (χ0n) is 13.3. The van der Waals surface area contributed by atoms with Gasteiger partial charge < -0.3 is 15.9 Å². The summed E-state index contributed by atoms with van der Waals surface area (Å²) in [4.78, 5) is 8.54. The van der Waals surface area contributed by atoms with E-state index < -0.39 is 0 Å². The number of rotatable bonds is 3. The minimum Gasteiger partial charge on any atom is -0.448 e. The van der Waals surface area contributed by atoms with Gasteiger partial charge >= 0.3 is 0 Å². The number of hydrogen-bond donors (Lipinski definition) is 2. The maximum Gasteiger partial charge on any atom is 0.222 e. The minimum absolute atomic E-state index is 0.132. The molecule has 4 rings (SSSR count). The Hall–Kier alpha value is -2.94. The fraction of sp³-hybridized carbons (Fsp3) is 0.125. The number of nitrogens with zero attached hydrogens (tertiary/aromatic N) is 5. The number of nitrogens with two attached hydrogens (primary N) is 2. The van der Waals surface area contributed by atoms with Gasteiger partial charge in [0.1, 0.15) is 5.69 Å². The molecule has 0 unspecified atom stereocenters. The van der Waals surface area contributed by atoms with Crippen molar-refractivity contribution in [3.63, 3.8) is 0 Å². The van der Waals surface area contributed by atoms with Crippen LogP contribution in [0.25, 0.3) is 22.6 Å². The van der Waals surface area contributed by atoms with Crippen LogP contribution in [0, 0.1) is 6.92 Å². The summed E-state index contributed by atoms with van der Waals surface area (Å²) in [6.07, 6.45) is 0. The van der Waals surface area contributed by atoms with Crippen LogP contribution in [0.5, 0.6) is 0 Å². The van der Waals surface area contributed by atoms with E-state index in [0.717, 1.165) is 16.8 Å². The third-order valence-corrected chi connectivity index (χ3v) is 4.28. The van der Waals surface area contributed by atoms with Gasteiger partial charge in [-0.25, -0.2) is 9.67 Å². The summed E-state index contributed by atoms with van der Waals surface area (Å²) in [6, 6.07) is 9.40. The number of aromatic nitrogens is 5. The number of benzene rings is 1. The standard InChI is InChI=1S/C16H14BrN7O/c1-8-6-9(2-3-10(8)18)7-24-15-14(22-23-24)13(20-16(19)21-15)11-4-5-12(17)25-11/h2-6H,7,18H2,1H3,(H2,19,20,21). The van der Waals surface area contributed by atoms with Crippen molar-refractivity contribution in [1.82, 2.24) is 25.0 Å². The van der Waals surface area contributed by atoms with Crippen LogP contribution in [0.4, 0.5) is 11.6 Å². The van der Waals surface area contributed by atoms with Gasteiger partial charge in [0, 0.05) is 5.69 Å². The third-order valence-electron chi connectivity index (χ3n) is 3.85. The third kappa shape index (κ3) is 2.82. The molecular formula is C16H14BrN7O. The molecule has 4 N–H and O–H groups in total. The summed E-state index contributed by atoms with van der Waals surface area (Å²) in [6.45, 7) is 2.46. The predicted octanol–water partition coefficient (Wildman–Crippen LogP) is 2.76. The smallest absolute Gasteiger partial charge is 0.222 e. The molecular weight excluding hydrogens is 386 g/mol. The number of aryl methyl sites for hydroxylation is 1. The molecule has 0 aliphatic heterocycles. The quantitative estimate of drug-likeness (QED) is 0.507. The van der Waals surface area contributed by atoms with E-state index in [1.165, 1.54) is 0 Å². The SMILES string of the molecule is Cc1cc(Cn2nnc3c(-c4ccc(Br)o4)nc(N)nc32)ccc1N. The lowest BCUT2D eigenvalue weighted by atomic mass is 10.1. The van der Waals surface area contributed by atoms with Crippen LogP contribution in [-0.2, 0) is 6.54 Å². The zero-order chi connectivity index (χ0) is 17.6. The van der Waals surface area contributed by atoms with Crippen LogP contribution >= 0.6 is 15.9 Å². The highest BCUT2D eigenvalue weighted by Gasteiger charge is 2.18. The zero-order valence-corrected chi connectivity index (χ0v) is 14.9. The van der Waals surface area contributed by atoms with Gasteiger partial charge in [-0.3, -0.25) is 0 Å². The molecule has 0 atom stereocenters. The second-order valence-electron chi connectivity index (χ2n) is 5.64. The molecule has 0 spiro atoms. The molecule has 0 aliphatic rings. The second-order valence-corrected chi connectivity index (χ2v) is 6.43. The lowest BCUT2D eigenvalue weighted by molar-refractivity contribution is 0.554. The van der Waals surface area contributed by atoms with Crippen molar-refractivity contribution in [2.24, 2.45) is 0 Å². The molecule has 3 heterocycles.